The number of aromatic amines is 1. The Morgan fingerprint density at radius 2 is 1.82 bits per heavy atom. The summed E-state index contributed by atoms with van der Waals surface area (Å²) in [7, 11) is -3.92. The topological polar surface area (TPSA) is 139 Å². The standard InChI is InChI=1S/C31H46N6O6S/c1-6-10-11-12-23(8-3)20-27-32-22(5)28-30(38)33-29(34-37(27)28)25-21-24(13-14-26(25)43-19-7-2)44(40,41)36-17-15-35(16-18-36)31(39)42-9-4/h13-14,21,23H,6-12,15-20H2,1-5H3,(H,33,34,38). The van der Waals surface area contributed by atoms with Crippen molar-refractivity contribution in [3.8, 4) is 17.1 Å². The number of benzene rings is 1. The van der Waals surface area contributed by atoms with E-state index >= 15 is 0 Å². The predicted octanol–water partition coefficient (Wildman–Crippen LogP) is 4.79. The summed E-state index contributed by atoms with van der Waals surface area (Å²) in [5.41, 5.74) is 1.00. The van der Waals surface area contributed by atoms with Gasteiger partial charge in [-0.2, -0.15) is 4.31 Å². The van der Waals surface area contributed by atoms with Gasteiger partial charge in [-0.15, -0.1) is 5.10 Å². The van der Waals surface area contributed by atoms with Gasteiger partial charge in [0.05, 0.1) is 29.4 Å². The molecule has 1 aliphatic rings. The molecule has 1 aliphatic heterocycles. The Morgan fingerprint density at radius 1 is 1.07 bits per heavy atom. The lowest BCUT2D eigenvalue weighted by Gasteiger charge is -2.33. The zero-order valence-corrected chi connectivity index (χ0v) is 27.4. The van der Waals surface area contributed by atoms with Gasteiger partial charge in [0, 0.05) is 32.6 Å². The van der Waals surface area contributed by atoms with E-state index in [0.717, 1.165) is 32.1 Å². The van der Waals surface area contributed by atoms with Crippen molar-refractivity contribution in [2.24, 2.45) is 5.92 Å². The first-order valence-corrected chi connectivity index (χ1v) is 17.3. The van der Waals surface area contributed by atoms with Crippen LogP contribution in [0.25, 0.3) is 16.9 Å². The zero-order chi connectivity index (χ0) is 31.9. The number of aromatic nitrogens is 4. The SMILES string of the molecule is CCCCCC(CC)Cc1nc(C)c2c(=O)[nH]c(-c3cc(S(=O)(=O)N4CCN(C(=O)OCC)CC4)ccc3OCCC)nn12. The molecule has 242 valence electrons. The summed E-state index contributed by atoms with van der Waals surface area (Å²) in [6.07, 6.45) is 6.55. The molecule has 1 unspecified atom stereocenters. The summed E-state index contributed by atoms with van der Waals surface area (Å²) in [6, 6.07) is 4.62. The van der Waals surface area contributed by atoms with Crippen molar-refractivity contribution in [3.63, 3.8) is 0 Å². The number of piperazine rings is 1. The van der Waals surface area contributed by atoms with Crippen molar-refractivity contribution in [2.75, 3.05) is 39.4 Å². The largest absolute Gasteiger partial charge is 0.493 e. The molecule has 1 N–H and O–H groups in total. The van der Waals surface area contributed by atoms with Crippen LogP contribution >= 0.6 is 0 Å². The number of hydrogen-bond donors (Lipinski definition) is 1. The van der Waals surface area contributed by atoms with E-state index in [2.05, 4.69) is 18.8 Å². The van der Waals surface area contributed by atoms with E-state index in [1.165, 1.54) is 27.8 Å². The van der Waals surface area contributed by atoms with E-state index in [0.29, 0.717) is 47.3 Å². The number of hydrogen-bond acceptors (Lipinski definition) is 8. The number of sulfonamides is 1. The van der Waals surface area contributed by atoms with Gasteiger partial charge in [-0.25, -0.2) is 22.7 Å². The van der Waals surface area contributed by atoms with Gasteiger partial charge in [0.15, 0.2) is 11.3 Å². The van der Waals surface area contributed by atoms with Gasteiger partial charge >= 0.3 is 6.09 Å². The average molecular weight is 631 g/mol. The van der Waals surface area contributed by atoms with Crippen molar-refractivity contribution < 1.29 is 22.7 Å². The van der Waals surface area contributed by atoms with Crippen LogP contribution in [-0.4, -0.2) is 82.7 Å². The first kappa shape index (κ1) is 33.4. The highest BCUT2D eigenvalue weighted by Crippen LogP contribution is 2.32. The van der Waals surface area contributed by atoms with Crippen LogP contribution in [0.15, 0.2) is 27.9 Å². The Hall–Kier alpha value is -3.45. The summed E-state index contributed by atoms with van der Waals surface area (Å²) in [5.74, 6) is 1.75. The summed E-state index contributed by atoms with van der Waals surface area (Å²) in [5, 5.41) is 4.81. The van der Waals surface area contributed by atoms with E-state index in [-0.39, 0.29) is 49.1 Å². The minimum absolute atomic E-state index is 0.0488. The van der Waals surface area contributed by atoms with Crippen LogP contribution < -0.4 is 10.3 Å². The van der Waals surface area contributed by atoms with Crippen molar-refractivity contribution in [1.29, 1.82) is 0 Å². The second-order valence-corrected chi connectivity index (χ2v) is 13.2. The van der Waals surface area contributed by atoms with Gasteiger partial charge in [-0.1, -0.05) is 52.9 Å². The van der Waals surface area contributed by atoms with Crippen molar-refractivity contribution >= 4 is 21.6 Å². The molecular formula is C31H46N6O6S. The molecule has 4 rings (SSSR count). The van der Waals surface area contributed by atoms with Crippen LogP contribution in [-0.2, 0) is 21.2 Å². The number of rotatable bonds is 14. The molecule has 1 amide bonds. The summed E-state index contributed by atoms with van der Waals surface area (Å²) in [4.78, 5) is 34.6. The minimum Gasteiger partial charge on any atom is -0.493 e. The normalized spacial score (nSPS) is 15.1. The Morgan fingerprint density at radius 3 is 2.48 bits per heavy atom. The quantitative estimate of drug-likeness (QED) is 0.251. The van der Waals surface area contributed by atoms with Crippen LogP contribution in [0.1, 0.15) is 77.7 Å². The van der Waals surface area contributed by atoms with Gasteiger partial charge in [0.1, 0.15) is 11.6 Å². The van der Waals surface area contributed by atoms with Crippen molar-refractivity contribution in [2.45, 2.75) is 84.5 Å². The fourth-order valence-corrected chi connectivity index (χ4v) is 7.00. The maximum Gasteiger partial charge on any atom is 0.409 e. The highest BCUT2D eigenvalue weighted by molar-refractivity contribution is 7.89. The lowest BCUT2D eigenvalue weighted by atomic mass is 9.95. The number of unbranched alkanes of at least 4 members (excludes halogenated alkanes) is 2. The van der Waals surface area contributed by atoms with E-state index < -0.39 is 16.1 Å². The lowest BCUT2D eigenvalue weighted by molar-refractivity contribution is 0.0934. The van der Waals surface area contributed by atoms with E-state index in [4.69, 9.17) is 19.6 Å². The molecule has 1 aromatic carbocycles. The zero-order valence-electron chi connectivity index (χ0n) is 26.6. The molecule has 12 nitrogen and oxygen atoms in total. The molecule has 0 aliphatic carbocycles. The van der Waals surface area contributed by atoms with Crippen LogP contribution in [0.3, 0.4) is 0 Å². The first-order chi connectivity index (χ1) is 21.1. The Kier molecular flexibility index (Phi) is 11.4. The van der Waals surface area contributed by atoms with E-state index in [9.17, 15) is 18.0 Å². The summed E-state index contributed by atoms with van der Waals surface area (Å²) in [6.45, 7) is 11.3. The number of imidazole rings is 1. The molecule has 2 aromatic heterocycles. The third-order valence-electron chi connectivity index (χ3n) is 8.08. The maximum atomic E-state index is 13.7. The second kappa shape index (κ2) is 15.0. The number of fused-ring (bicyclic) bond motifs is 1. The van der Waals surface area contributed by atoms with Crippen LogP contribution in [0.2, 0.25) is 0 Å². The molecule has 1 atom stereocenters. The van der Waals surface area contributed by atoms with Gasteiger partial charge < -0.3 is 19.4 Å². The summed E-state index contributed by atoms with van der Waals surface area (Å²) < 4.78 is 41.5. The van der Waals surface area contributed by atoms with Crippen molar-refractivity contribution in [3.05, 3.63) is 40.1 Å². The monoisotopic (exact) mass is 630 g/mol. The van der Waals surface area contributed by atoms with Crippen LogP contribution in [0.5, 0.6) is 5.75 Å². The number of H-pyrrole nitrogens is 1. The lowest BCUT2D eigenvalue weighted by Crippen LogP contribution is -2.50. The predicted molar refractivity (Wildman–Crippen MR) is 169 cm³/mol. The van der Waals surface area contributed by atoms with Crippen LogP contribution in [0.4, 0.5) is 4.79 Å². The highest BCUT2D eigenvalue weighted by atomic mass is 32.2. The molecule has 0 bridgehead atoms. The van der Waals surface area contributed by atoms with Crippen molar-refractivity contribution in [1.82, 2.24) is 28.8 Å². The average Bonchev–Trinajstić information content (AvgIpc) is 3.34. The molecule has 1 saturated heterocycles. The van der Waals surface area contributed by atoms with Crippen LogP contribution in [0, 0.1) is 12.8 Å². The first-order valence-electron chi connectivity index (χ1n) is 15.8. The number of carbonyl (C=O) groups is 1. The third kappa shape index (κ3) is 7.43. The molecule has 0 spiro atoms. The number of carbonyl (C=O) groups excluding carboxylic acids is 1. The number of amides is 1. The maximum absolute atomic E-state index is 13.7. The van der Waals surface area contributed by atoms with Gasteiger partial charge in [-0.3, -0.25) is 4.79 Å². The minimum atomic E-state index is -3.92. The number of ether oxygens (including phenoxy) is 2. The number of nitrogens with one attached hydrogen (secondary N) is 1. The molecule has 0 radical (unpaired) electrons. The van der Waals surface area contributed by atoms with Gasteiger partial charge in [0.2, 0.25) is 10.0 Å². The van der Waals surface area contributed by atoms with Gasteiger partial charge in [-0.05, 0) is 44.4 Å². The van der Waals surface area contributed by atoms with E-state index in [1.54, 1.807) is 24.4 Å². The molecule has 1 fully saturated rings. The number of nitrogens with zero attached hydrogens (tertiary/aromatic N) is 5. The Balaban J connectivity index is 1.71. The molecule has 3 heterocycles. The fraction of sp³-hybridized carbons (Fsp3) is 0.613. The van der Waals surface area contributed by atoms with Gasteiger partial charge in [0.25, 0.3) is 5.56 Å². The third-order valence-corrected chi connectivity index (χ3v) is 9.97. The number of aryl methyl sites for hydroxylation is 1. The second-order valence-electron chi connectivity index (χ2n) is 11.2. The Bertz CT molecular complexity index is 1590. The Labute approximate surface area is 259 Å². The van der Waals surface area contributed by atoms with E-state index in [1.807, 2.05) is 6.92 Å². The summed E-state index contributed by atoms with van der Waals surface area (Å²) >= 11 is 0. The molecule has 13 heteroatoms. The molecular weight excluding hydrogens is 584 g/mol. The fourth-order valence-electron chi connectivity index (χ4n) is 5.55. The smallest absolute Gasteiger partial charge is 0.409 e. The molecule has 3 aromatic rings. The highest BCUT2D eigenvalue weighted by Gasteiger charge is 2.31. The molecule has 0 saturated carbocycles. The molecule has 44 heavy (non-hydrogen) atoms.